The van der Waals surface area contributed by atoms with Gasteiger partial charge in [0.25, 0.3) is 0 Å². The van der Waals surface area contributed by atoms with Gasteiger partial charge in [-0.15, -0.1) is 0 Å². The average molecular weight is 273 g/mol. The summed E-state index contributed by atoms with van der Waals surface area (Å²) < 4.78 is 0. The van der Waals surface area contributed by atoms with Crippen molar-refractivity contribution in [2.24, 2.45) is 11.1 Å². The van der Waals surface area contributed by atoms with E-state index in [1.807, 2.05) is 19.2 Å². The summed E-state index contributed by atoms with van der Waals surface area (Å²) in [5.41, 5.74) is 7.93. The molecule has 1 aliphatic carbocycles. The lowest BCUT2D eigenvalue weighted by molar-refractivity contribution is 0.144. The van der Waals surface area contributed by atoms with Gasteiger partial charge in [-0.2, -0.15) is 0 Å². The van der Waals surface area contributed by atoms with Gasteiger partial charge < -0.3 is 10.6 Å². The minimum atomic E-state index is 0.0595. The lowest BCUT2D eigenvalue weighted by Crippen LogP contribution is -2.42. The van der Waals surface area contributed by atoms with Gasteiger partial charge in [-0.1, -0.05) is 25.3 Å². The molecule has 0 amide bonds. The first kappa shape index (κ1) is 13.9. The Morgan fingerprint density at radius 2 is 1.85 bits per heavy atom. The van der Waals surface area contributed by atoms with Crippen LogP contribution >= 0.6 is 0 Å². The van der Waals surface area contributed by atoms with E-state index in [4.69, 9.17) is 5.73 Å². The van der Waals surface area contributed by atoms with Crippen LogP contribution in [0.25, 0.3) is 0 Å². The van der Waals surface area contributed by atoms with E-state index in [9.17, 15) is 0 Å². The molecule has 20 heavy (non-hydrogen) atoms. The van der Waals surface area contributed by atoms with E-state index in [1.165, 1.54) is 50.5 Å². The molecule has 110 valence electrons. The van der Waals surface area contributed by atoms with Crippen LogP contribution in [-0.2, 0) is 0 Å². The lowest BCUT2D eigenvalue weighted by atomic mass is 9.68. The number of rotatable bonds is 2. The van der Waals surface area contributed by atoms with E-state index in [1.54, 1.807) is 0 Å². The fourth-order valence-electron chi connectivity index (χ4n) is 4.02. The zero-order valence-electron chi connectivity index (χ0n) is 12.6. The number of nitrogens with zero attached hydrogens (tertiary/aromatic N) is 2. The Bertz CT molecular complexity index is 439. The first-order valence-corrected chi connectivity index (χ1v) is 8.16. The zero-order chi connectivity index (χ0) is 14.0. The fourth-order valence-corrected chi connectivity index (χ4v) is 4.02. The Morgan fingerprint density at radius 1 is 1.15 bits per heavy atom. The molecular weight excluding hydrogens is 246 g/mol. The number of pyridine rings is 1. The molecule has 1 aromatic rings. The second kappa shape index (κ2) is 5.72. The van der Waals surface area contributed by atoms with Crippen molar-refractivity contribution in [2.45, 2.75) is 57.9 Å². The molecule has 3 rings (SSSR count). The quantitative estimate of drug-likeness (QED) is 0.894. The van der Waals surface area contributed by atoms with Crippen molar-refractivity contribution >= 4 is 5.82 Å². The standard InChI is InChI=1S/C17H27N3/c1-14(18)15-6-5-11-19-16(15)20-12-9-17(10-13-20)7-3-2-4-8-17/h5-6,11,14H,2-4,7-10,12-13,18H2,1H3/t14-/m0/s1. The van der Waals surface area contributed by atoms with Crippen molar-refractivity contribution in [3.63, 3.8) is 0 Å². The van der Waals surface area contributed by atoms with Gasteiger partial charge >= 0.3 is 0 Å². The fraction of sp³-hybridized carbons (Fsp3) is 0.706. The second-order valence-corrected chi connectivity index (χ2v) is 6.75. The summed E-state index contributed by atoms with van der Waals surface area (Å²) in [6.45, 7) is 4.35. The third-order valence-electron chi connectivity index (χ3n) is 5.35. The Morgan fingerprint density at radius 3 is 2.50 bits per heavy atom. The zero-order valence-corrected chi connectivity index (χ0v) is 12.6. The van der Waals surface area contributed by atoms with Gasteiger partial charge in [0.15, 0.2) is 0 Å². The highest BCUT2D eigenvalue weighted by Gasteiger charge is 2.36. The molecule has 1 aliphatic heterocycles. The maximum Gasteiger partial charge on any atom is 0.133 e. The minimum Gasteiger partial charge on any atom is -0.356 e. The molecular formula is C17H27N3. The molecule has 1 atom stereocenters. The van der Waals surface area contributed by atoms with Gasteiger partial charge in [-0.05, 0) is 44.1 Å². The number of hydrogen-bond acceptors (Lipinski definition) is 3. The van der Waals surface area contributed by atoms with Gasteiger partial charge in [0.1, 0.15) is 5.82 Å². The largest absolute Gasteiger partial charge is 0.356 e. The van der Waals surface area contributed by atoms with E-state index in [0.29, 0.717) is 5.41 Å². The van der Waals surface area contributed by atoms with E-state index in [-0.39, 0.29) is 6.04 Å². The molecule has 0 radical (unpaired) electrons. The molecule has 3 heteroatoms. The first-order valence-electron chi connectivity index (χ1n) is 8.16. The third-order valence-corrected chi connectivity index (χ3v) is 5.35. The van der Waals surface area contributed by atoms with Crippen LogP contribution in [0.3, 0.4) is 0 Å². The monoisotopic (exact) mass is 273 g/mol. The van der Waals surface area contributed by atoms with Crippen LogP contribution in [0.2, 0.25) is 0 Å². The van der Waals surface area contributed by atoms with Crippen LogP contribution in [0.4, 0.5) is 5.82 Å². The molecule has 3 nitrogen and oxygen atoms in total. The lowest BCUT2D eigenvalue weighted by Gasteiger charge is -2.45. The van der Waals surface area contributed by atoms with Crippen LogP contribution in [0.5, 0.6) is 0 Å². The van der Waals surface area contributed by atoms with Gasteiger partial charge in [-0.25, -0.2) is 4.98 Å². The smallest absolute Gasteiger partial charge is 0.133 e. The number of hydrogen-bond donors (Lipinski definition) is 1. The first-order chi connectivity index (χ1) is 9.70. The summed E-state index contributed by atoms with van der Waals surface area (Å²) >= 11 is 0. The topological polar surface area (TPSA) is 42.1 Å². The van der Waals surface area contributed by atoms with Crippen LogP contribution in [0, 0.1) is 5.41 Å². The molecule has 2 aliphatic rings. The predicted octanol–water partition coefficient (Wildman–Crippen LogP) is 3.65. The summed E-state index contributed by atoms with van der Waals surface area (Å²) in [5.74, 6) is 1.12. The van der Waals surface area contributed by atoms with Crippen LogP contribution in [-0.4, -0.2) is 18.1 Å². The SMILES string of the molecule is C[C@H](N)c1cccnc1N1CCC2(CCCCC2)CC1. The van der Waals surface area contributed by atoms with Gasteiger partial charge in [0, 0.05) is 30.9 Å². The van der Waals surface area contributed by atoms with Crippen molar-refractivity contribution in [1.29, 1.82) is 0 Å². The summed E-state index contributed by atoms with van der Waals surface area (Å²) in [4.78, 5) is 7.06. The minimum absolute atomic E-state index is 0.0595. The van der Waals surface area contributed by atoms with Crippen molar-refractivity contribution in [2.75, 3.05) is 18.0 Å². The average Bonchev–Trinajstić information content (AvgIpc) is 2.49. The number of anilines is 1. The van der Waals surface area contributed by atoms with Crippen molar-refractivity contribution in [3.05, 3.63) is 23.9 Å². The van der Waals surface area contributed by atoms with E-state index in [2.05, 4.69) is 16.0 Å². The molecule has 2 heterocycles. The molecule has 2 fully saturated rings. The molecule has 1 saturated carbocycles. The molecule has 2 N–H and O–H groups in total. The predicted molar refractivity (Wildman–Crippen MR) is 83.8 cm³/mol. The summed E-state index contributed by atoms with van der Waals surface area (Å²) in [6, 6.07) is 4.18. The Hall–Kier alpha value is -1.09. The normalized spacial score (nSPS) is 23.8. The number of piperidine rings is 1. The third kappa shape index (κ3) is 2.69. The van der Waals surface area contributed by atoms with E-state index < -0.39 is 0 Å². The van der Waals surface area contributed by atoms with E-state index >= 15 is 0 Å². The molecule has 1 aromatic heterocycles. The molecule has 0 unspecified atom stereocenters. The molecule has 1 spiro atoms. The summed E-state index contributed by atoms with van der Waals surface area (Å²) in [7, 11) is 0. The maximum atomic E-state index is 6.09. The summed E-state index contributed by atoms with van der Waals surface area (Å²) in [5, 5.41) is 0. The Balaban J connectivity index is 1.72. The molecule has 0 aromatic carbocycles. The summed E-state index contributed by atoms with van der Waals surface area (Å²) in [6.07, 6.45) is 11.8. The molecule has 0 bridgehead atoms. The van der Waals surface area contributed by atoms with Gasteiger partial charge in [-0.3, -0.25) is 0 Å². The van der Waals surface area contributed by atoms with Crippen molar-refractivity contribution in [1.82, 2.24) is 4.98 Å². The van der Waals surface area contributed by atoms with Gasteiger partial charge in [0.05, 0.1) is 0 Å². The number of nitrogens with two attached hydrogens (primary N) is 1. The molecule has 1 saturated heterocycles. The highest BCUT2D eigenvalue weighted by molar-refractivity contribution is 5.48. The Kier molecular flexibility index (Phi) is 3.97. The highest BCUT2D eigenvalue weighted by atomic mass is 15.2. The van der Waals surface area contributed by atoms with Crippen molar-refractivity contribution in [3.8, 4) is 0 Å². The van der Waals surface area contributed by atoms with Crippen LogP contribution < -0.4 is 10.6 Å². The van der Waals surface area contributed by atoms with Gasteiger partial charge in [0.2, 0.25) is 0 Å². The van der Waals surface area contributed by atoms with Crippen molar-refractivity contribution < 1.29 is 0 Å². The van der Waals surface area contributed by atoms with Crippen LogP contribution in [0.1, 0.15) is 63.5 Å². The highest BCUT2D eigenvalue weighted by Crippen LogP contribution is 2.45. The van der Waals surface area contributed by atoms with Crippen LogP contribution in [0.15, 0.2) is 18.3 Å². The van der Waals surface area contributed by atoms with E-state index in [0.717, 1.165) is 18.9 Å². The maximum absolute atomic E-state index is 6.09. The Labute approximate surface area is 122 Å². The number of aromatic nitrogens is 1. The second-order valence-electron chi connectivity index (χ2n) is 6.75.